The standard InChI is InChI=1S/C16H33N3/c1-16(2,3)15(17-4)8-10-18-11-12-19-9-6-5-7-14(19)13-18/h14-15,17H,5-13H2,1-4H3. The van der Waals surface area contributed by atoms with Gasteiger partial charge < -0.3 is 10.2 Å². The molecule has 2 aliphatic rings. The highest BCUT2D eigenvalue weighted by atomic mass is 15.3. The molecule has 2 unspecified atom stereocenters. The van der Waals surface area contributed by atoms with E-state index in [0.29, 0.717) is 11.5 Å². The van der Waals surface area contributed by atoms with Crippen molar-refractivity contribution in [2.24, 2.45) is 5.41 Å². The van der Waals surface area contributed by atoms with Gasteiger partial charge >= 0.3 is 0 Å². The molecule has 3 heteroatoms. The van der Waals surface area contributed by atoms with Crippen molar-refractivity contribution in [1.82, 2.24) is 15.1 Å². The summed E-state index contributed by atoms with van der Waals surface area (Å²) >= 11 is 0. The van der Waals surface area contributed by atoms with E-state index < -0.39 is 0 Å². The van der Waals surface area contributed by atoms with E-state index in [1.807, 2.05) is 0 Å². The van der Waals surface area contributed by atoms with Crippen molar-refractivity contribution in [3.63, 3.8) is 0 Å². The van der Waals surface area contributed by atoms with Crippen LogP contribution in [-0.2, 0) is 0 Å². The molecule has 19 heavy (non-hydrogen) atoms. The molecule has 0 bridgehead atoms. The molecule has 0 amide bonds. The maximum atomic E-state index is 3.50. The van der Waals surface area contributed by atoms with Crippen molar-refractivity contribution in [3.05, 3.63) is 0 Å². The minimum absolute atomic E-state index is 0.363. The normalized spacial score (nSPS) is 28.1. The van der Waals surface area contributed by atoms with Crippen molar-refractivity contribution < 1.29 is 0 Å². The lowest BCUT2D eigenvalue weighted by Crippen LogP contribution is -2.55. The van der Waals surface area contributed by atoms with E-state index in [9.17, 15) is 0 Å². The summed E-state index contributed by atoms with van der Waals surface area (Å²) < 4.78 is 0. The minimum Gasteiger partial charge on any atom is -0.316 e. The molecule has 2 saturated heterocycles. The largest absolute Gasteiger partial charge is 0.316 e. The first-order valence-corrected chi connectivity index (χ1v) is 8.14. The van der Waals surface area contributed by atoms with E-state index in [4.69, 9.17) is 0 Å². The Labute approximate surface area is 119 Å². The number of piperidine rings is 1. The minimum atomic E-state index is 0.363. The highest BCUT2D eigenvalue weighted by molar-refractivity contribution is 4.86. The fourth-order valence-electron chi connectivity index (χ4n) is 3.75. The van der Waals surface area contributed by atoms with Crippen LogP contribution in [0.3, 0.4) is 0 Å². The average Bonchev–Trinajstić information content (AvgIpc) is 2.37. The summed E-state index contributed by atoms with van der Waals surface area (Å²) in [5.41, 5.74) is 0.363. The van der Waals surface area contributed by atoms with E-state index in [1.54, 1.807) is 0 Å². The zero-order valence-corrected chi connectivity index (χ0v) is 13.4. The average molecular weight is 267 g/mol. The van der Waals surface area contributed by atoms with Crippen LogP contribution < -0.4 is 5.32 Å². The predicted molar refractivity (Wildman–Crippen MR) is 82.6 cm³/mol. The number of hydrogen-bond donors (Lipinski definition) is 1. The Hall–Kier alpha value is -0.120. The second kappa shape index (κ2) is 6.55. The molecular formula is C16H33N3. The van der Waals surface area contributed by atoms with Gasteiger partial charge in [0.25, 0.3) is 0 Å². The van der Waals surface area contributed by atoms with Crippen LogP contribution in [-0.4, -0.2) is 61.7 Å². The molecule has 2 rings (SSSR count). The van der Waals surface area contributed by atoms with E-state index in [-0.39, 0.29) is 0 Å². The van der Waals surface area contributed by atoms with Gasteiger partial charge in [-0.1, -0.05) is 27.2 Å². The molecule has 0 aromatic carbocycles. The molecule has 1 N–H and O–H groups in total. The van der Waals surface area contributed by atoms with Gasteiger partial charge in [-0.3, -0.25) is 4.90 Å². The summed E-state index contributed by atoms with van der Waals surface area (Å²) in [6.07, 6.45) is 5.55. The van der Waals surface area contributed by atoms with Gasteiger partial charge in [0, 0.05) is 31.7 Å². The van der Waals surface area contributed by atoms with Crippen LogP contribution in [0.5, 0.6) is 0 Å². The van der Waals surface area contributed by atoms with Crippen molar-refractivity contribution in [2.75, 3.05) is 39.8 Å². The van der Waals surface area contributed by atoms with Gasteiger partial charge in [0.2, 0.25) is 0 Å². The van der Waals surface area contributed by atoms with Crippen molar-refractivity contribution in [1.29, 1.82) is 0 Å². The van der Waals surface area contributed by atoms with E-state index >= 15 is 0 Å². The van der Waals surface area contributed by atoms with Crippen LogP contribution in [0.25, 0.3) is 0 Å². The summed E-state index contributed by atoms with van der Waals surface area (Å²) in [6, 6.07) is 1.47. The lowest BCUT2D eigenvalue weighted by Gasteiger charge is -2.44. The Morgan fingerprint density at radius 3 is 2.63 bits per heavy atom. The number of hydrogen-bond acceptors (Lipinski definition) is 3. The Morgan fingerprint density at radius 2 is 1.95 bits per heavy atom. The van der Waals surface area contributed by atoms with Crippen LogP contribution in [0.1, 0.15) is 46.5 Å². The molecule has 0 saturated carbocycles. The fraction of sp³-hybridized carbons (Fsp3) is 1.00. The van der Waals surface area contributed by atoms with Gasteiger partial charge in [0.05, 0.1) is 0 Å². The summed E-state index contributed by atoms with van der Waals surface area (Å²) in [7, 11) is 2.11. The topological polar surface area (TPSA) is 18.5 Å². The van der Waals surface area contributed by atoms with Gasteiger partial charge in [0.15, 0.2) is 0 Å². The van der Waals surface area contributed by atoms with Crippen LogP contribution in [0.2, 0.25) is 0 Å². The molecular weight excluding hydrogens is 234 g/mol. The zero-order valence-electron chi connectivity index (χ0n) is 13.4. The quantitative estimate of drug-likeness (QED) is 0.842. The van der Waals surface area contributed by atoms with E-state index in [2.05, 4.69) is 42.9 Å². The molecule has 0 aromatic rings. The van der Waals surface area contributed by atoms with Gasteiger partial charge in [-0.15, -0.1) is 0 Å². The Balaban J connectivity index is 1.77. The van der Waals surface area contributed by atoms with E-state index in [0.717, 1.165) is 6.04 Å². The first-order valence-electron chi connectivity index (χ1n) is 8.14. The second-order valence-corrected chi connectivity index (χ2v) is 7.48. The van der Waals surface area contributed by atoms with Gasteiger partial charge in [-0.25, -0.2) is 0 Å². The smallest absolute Gasteiger partial charge is 0.0223 e. The van der Waals surface area contributed by atoms with Crippen molar-refractivity contribution in [2.45, 2.75) is 58.5 Å². The molecule has 0 aromatic heterocycles. The van der Waals surface area contributed by atoms with Gasteiger partial charge in [-0.05, 0) is 44.8 Å². The fourth-order valence-corrected chi connectivity index (χ4v) is 3.75. The molecule has 2 atom stereocenters. The maximum absolute atomic E-state index is 3.50. The Morgan fingerprint density at radius 1 is 1.16 bits per heavy atom. The van der Waals surface area contributed by atoms with Crippen molar-refractivity contribution in [3.8, 4) is 0 Å². The first kappa shape index (κ1) is 15.3. The SMILES string of the molecule is CNC(CCN1CCN2CCCCC2C1)C(C)(C)C. The molecule has 112 valence electrons. The van der Waals surface area contributed by atoms with Gasteiger partial charge in [0.1, 0.15) is 0 Å². The van der Waals surface area contributed by atoms with Crippen LogP contribution >= 0.6 is 0 Å². The molecule has 0 spiro atoms. The highest BCUT2D eigenvalue weighted by Crippen LogP contribution is 2.24. The summed E-state index contributed by atoms with van der Waals surface area (Å²) in [5.74, 6) is 0. The molecule has 3 nitrogen and oxygen atoms in total. The molecule has 2 fully saturated rings. The summed E-state index contributed by atoms with van der Waals surface area (Å²) in [4.78, 5) is 5.42. The van der Waals surface area contributed by atoms with Crippen LogP contribution in [0.15, 0.2) is 0 Å². The van der Waals surface area contributed by atoms with Crippen LogP contribution in [0, 0.1) is 5.41 Å². The first-order chi connectivity index (χ1) is 9.00. The number of rotatable bonds is 4. The Kier molecular flexibility index (Phi) is 5.27. The third-order valence-corrected chi connectivity index (χ3v) is 5.05. The number of nitrogens with zero attached hydrogens (tertiary/aromatic N) is 2. The highest BCUT2D eigenvalue weighted by Gasteiger charge is 2.30. The zero-order chi connectivity index (χ0) is 13.9. The van der Waals surface area contributed by atoms with E-state index in [1.165, 1.54) is 58.4 Å². The van der Waals surface area contributed by atoms with Crippen LogP contribution in [0.4, 0.5) is 0 Å². The summed E-state index contributed by atoms with van der Waals surface area (Å²) in [6.45, 7) is 13.5. The lowest BCUT2D eigenvalue weighted by molar-refractivity contribution is 0.0455. The third kappa shape index (κ3) is 4.17. The van der Waals surface area contributed by atoms with Crippen molar-refractivity contribution >= 4 is 0 Å². The number of piperazine rings is 1. The number of nitrogens with one attached hydrogen (secondary N) is 1. The number of fused-ring (bicyclic) bond motifs is 1. The second-order valence-electron chi connectivity index (χ2n) is 7.48. The van der Waals surface area contributed by atoms with Gasteiger partial charge in [-0.2, -0.15) is 0 Å². The lowest BCUT2D eigenvalue weighted by atomic mass is 9.84. The Bertz CT molecular complexity index is 272. The molecule has 0 radical (unpaired) electrons. The third-order valence-electron chi connectivity index (χ3n) is 5.05. The predicted octanol–water partition coefficient (Wildman–Crippen LogP) is 2.18. The molecule has 2 aliphatic heterocycles. The molecule has 0 aliphatic carbocycles. The maximum Gasteiger partial charge on any atom is 0.0223 e. The monoisotopic (exact) mass is 267 g/mol. The summed E-state index contributed by atoms with van der Waals surface area (Å²) in [5, 5.41) is 3.50. The molecule has 2 heterocycles.